The standard InChI is InChI=1S/C22H24FNSi/c1-16-9-8-12-19(22(16)23)20-14-18(13-17-10-6-5-7-11-17)21(15-24-20)25(2,3)4/h5-12,14-15H,13H2,1-4H3/i1D3,13D2. The molecule has 3 aromatic rings. The van der Waals surface area contributed by atoms with Crippen LogP contribution in [0.3, 0.4) is 0 Å². The van der Waals surface area contributed by atoms with E-state index in [1.807, 2.05) is 6.07 Å². The zero-order chi connectivity index (χ0) is 22.3. The van der Waals surface area contributed by atoms with Crippen LogP contribution in [0.5, 0.6) is 0 Å². The smallest absolute Gasteiger partial charge is 0.135 e. The molecule has 0 spiro atoms. The largest absolute Gasteiger partial charge is 0.256 e. The van der Waals surface area contributed by atoms with E-state index in [2.05, 4.69) is 24.6 Å². The SMILES string of the molecule is [2H]C([2H])([2H])c1cccc(-c2cc(C([2H])([2H])c3ccccc3)c([Si](C)(C)C)cn2)c1F. The van der Waals surface area contributed by atoms with Gasteiger partial charge in [-0.1, -0.05) is 62.1 Å². The summed E-state index contributed by atoms with van der Waals surface area (Å²) >= 11 is 0. The Balaban J connectivity index is 2.26. The van der Waals surface area contributed by atoms with E-state index < -0.39 is 27.1 Å². The first kappa shape index (κ1) is 12.1. The van der Waals surface area contributed by atoms with Crippen LogP contribution in [-0.2, 0) is 6.37 Å². The van der Waals surface area contributed by atoms with Crippen molar-refractivity contribution >= 4 is 13.3 Å². The molecule has 128 valence electrons. The van der Waals surface area contributed by atoms with Crippen molar-refractivity contribution in [3.05, 3.63) is 83.3 Å². The summed E-state index contributed by atoms with van der Waals surface area (Å²) in [6.45, 7) is 3.72. The highest BCUT2D eigenvalue weighted by Crippen LogP contribution is 2.24. The zero-order valence-electron chi connectivity index (χ0n) is 19.6. The molecule has 2 aromatic carbocycles. The van der Waals surface area contributed by atoms with Gasteiger partial charge in [0, 0.05) is 18.6 Å². The molecular weight excluding hydrogens is 325 g/mol. The van der Waals surface area contributed by atoms with Gasteiger partial charge in [0.05, 0.1) is 13.8 Å². The third kappa shape index (κ3) is 3.88. The quantitative estimate of drug-likeness (QED) is 0.577. The Morgan fingerprint density at radius 1 is 1.08 bits per heavy atom. The highest BCUT2D eigenvalue weighted by atomic mass is 28.3. The van der Waals surface area contributed by atoms with E-state index in [-0.39, 0.29) is 16.8 Å². The van der Waals surface area contributed by atoms with E-state index >= 15 is 4.39 Å². The average Bonchev–Trinajstić information content (AvgIpc) is 2.67. The van der Waals surface area contributed by atoms with Crippen LogP contribution < -0.4 is 5.19 Å². The van der Waals surface area contributed by atoms with Crippen LogP contribution in [0.25, 0.3) is 11.3 Å². The summed E-state index contributed by atoms with van der Waals surface area (Å²) in [6.07, 6.45) is -0.189. The first-order valence-electron chi connectivity index (χ1n) is 10.7. The molecule has 0 atom stereocenters. The van der Waals surface area contributed by atoms with E-state index in [1.54, 1.807) is 36.5 Å². The Bertz CT molecular complexity index is 1060. The number of hydrogen-bond donors (Lipinski definition) is 0. The van der Waals surface area contributed by atoms with Gasteiger partial charge in [-0.2, -0.15) is 0 Å². The minimum Gasteiger partial charge on any atom is -0.256 e. The molecular formula is C22H24FNSi. The fraction of sp³-hybridized carbons (Fsp3) is 0.227. The maximum Gasteiger partial charge on any atom is 0.135 e. The topological polar surface area (TPSA) is 12.9 Å². The van der Waals surface area contributed by atoms with Gasteiger partial charge >= 0.3 is 0 Å². The van der Waals surface area contributed by atoms with Crippen molar-refractivity contribution in [2.45, 2.75) is 32.9 Å². The van der Waals surface area contributed by atoms with Crippen LogP contribution in [0.2, 0.25) is 19.6 Å². The lowest BCUT2D eigenvalue weighted by molar-refractivity contribution is 0.621. The molecule has 0 radical (unpaired) electrons. The lowest BCUT2D eigenvalue weighted by atomic mass is 10.0. The molecule has 3 rings (SSSR count). The fourth-order valence-electron chi connectivity index (χ4n) is 2.71. The zero-order valence-corrected chi connectivity index (χ0v) is 15.6. The lowest BCUT2D eigenvalue weighted by Crippen LogP contribution is -2.40. The van der Waals surface area contributed by atoms with Crippen LogP contribution >= 0.6 is 0 Å². The highest BCUT2D eigenvalue weighted by molar-refractivity contribution is 6.89. The van der Waals surface area contributed by atoms with Crippen LogP contribution in [0.4, 0.5) is 4.39 Å². The minimum atomic E-state index is -2.58. The molecule has 1 nitrogen and oxygen atoms in total. The van der Waals surface area contributed by atoms with Crippen LogP contribution in [0.1, 0.15) is 23.5 Å². The first-order valence-corrected chi connectivity index (χ1v) is 11.7. The van der Waals surface area contributed by atoms with E-state index in [4.69, 9.17) is 6.85 Å². The van der Waals surface area contributed by atoms with Gasteiger partial charge in [-0.25, -0.2) is 4.39 Å². The second-order valence-electron chi connectivity index (χ2n) is 7.02. The normalized spacial score (nSPS) is 15.6. The predicted octanol–water partition coefficient (Wildman–Crippen LogP) is 5.33. The van der Waals surface area contributed by atoms with E-state index in [0.717, 1.165) is 5.19 Å². The van der Waals surface area contributed by atoms with Gasteiger partial charge in [-0.3, -0.25) is 4.98 Å². The molecule has 0 N–H and O–H groups in total. The average molecular weight is 355 g/mol. The summed E-state index contributed by atoms with van der Waals surface area (Å²) in [7, 11) is -1.99. The molecule has 0 bridgehead atoms. The van der Waals surface area contributed by atoms with Crippen molar-refractivity contribution in [1.82, 2.24) is 4.98 Å². The highest BCUT2D eigenvalue weighted by Gasteiger charge is 2.22. The first-order chi connectivity index (χ1) is 13.8. The molecule has 1 heterocycles. The van der Waals surface area contributed by atoms with Crippen LogP contribution in [0, 0.1) is 12.7 Å². The van der Waals surface area contributed by atoms with Crippen molar-refractivity contribution in [2.24, 2.45) is 0 Å². The monoisotopic (exact) mass is 354 g/mol. The van der Waals surface area contributed by atoms with E-state index in [9.17, 15) is 0 Å². The molecule has 0 saturated carbocycles. The number of rotatable bonds is 4. The second-order valence-corrected chi connectivity index (χ2v) is 12.1. The molecule has 3 heteroatoms. The molecule has 25 heavy (non-hydrogen) atoms. The third-order valence-electron chi connectivity index (χ3n) is 4.04. The van der Waals surface area contributed by atoms with Gasteiger partial charge in [0.1, 0.15) is 5.82 Å². The number of benzene rings is 2. The lowest BCUT2D eigenvalue weighted by Gasteiger charge is -2.21. The molecule has 1 aromatic heterocycles. The van der Waals surface area contributed by atoms with Crippen LogP contribution in [0.15, 0.2) is 60.8 Å². The van der Waals surface area contributed by atoms with Gasteiger partial charge in [-0.15, -0.1) is 0 Å². The summed E-state index contributed by atoms with van der Waals surface area (Å²) in [5, 5.41) is 0.840. The fourth-order valence-corrected chi connectivity index (χ4v) is 4.11. The summed E-state index contributed by atoms with van der Waals surface area (Å²) in [6, 6.07) is 14.6. The number of aryl methyl sites for hydroxylation is 1. The Morgan fingerprint density at radius 2 is 1.84 bits per heavy atom. The van der Waals surface area contributed by atoms with Crippen molar-refractivity contribution in [3.63, 3.8) is 0 Å². The summed E-state index contributed by atoms with van der Waals surface area (Å²) in [4.78, 5) is 4.41. The Hall–Kier alpha value is -2.26. The van der Waals surface area contributed by atoms with E-state index in [1.165, 1.54) is 18.2 Å². The molecule has 0 amide bonds. The summed E-state index contributed by atoms with van der Waals surface area (Å²) in [5.41, 5.74) is 0.838. The number of halogens is 1. The van der Waals surface area contributed by atoms with Crippen LogP contribution in [-0.4, -0.2) is 13.1 Å². The molecule has 0 unspecified atom stereocenters. The number of aromatic nitrogens is 1. The van der Waals surface area contributed by atoms with Gasteiger partial charge in [0.2, 0.25) is 0 Å². The number of nitrogens with zero attached hydrogens (tertiary/aromatic N) is 1. The Morgan fingerprint density at radius 3 is 2.52 bits per heavy atom. The predicted molar refractivity (Wildman–Crippen MR) is 107 cm³/mol. The molecule has 0 saturated heterocycles. The van der Waals surface area contributed by atoms with Crippen molar-refractivity contribution < 1.29 is 11.2 Å². The Labute approximate surface area is 157 Å². The van der Waals surface area contributed by atoms with E-state index in [0.29, 0.717) is 11.1 Å². The summed E-state index contributed by atoms with van der Waals surface area (Å²) < 4.78 is 55.5. The minimum absolute atomic E-state index is 0.0517. The van der Waals surface area contributed by atoms with Gasteiger partial charge in [0.25, 0.3) is 0 Å². The Kier molecular flexibility index (Phi) is 3.37. The molecule has 0 aliphatic rings. The molecule has 0 aliphatic heterocycles. The molecule has 0 aliphatic carbocycles. The maximum atomic E-state index is 15.1. The van der Waals surface area contributed by atoms with Crippen molar-refractivity contribution in [1.29, 1.82) is 0 Å². The number of hydrogen-bond acceptors (Lipinski definition) is 1. The summed E-state index contributed by atoms with van der Waals surface area (Å²) in [5.74, 6) is -0.850. The second kappa shape index (κ2) is 6.93. The maximum absolute atomic E-state index is 15.1. The van der Waals surface area contributed by atoms with Crippen molar-refractivity contribution in [2.75, 3.05) is 0 Å². The van der Waals surface area contributed by atoms with Crippen molar-refractivity contribution in [3.8, 4) is 11.3 Å². The van der Waals surface area contributed by atoms with Gasteiger partial charge in [-0.05, 0) is 47.2 Å². The van der Waals surface area contributed by atoms with Gasteiger partial charge in [0.15, 0.2) is 0 Å². The third-order valence-corrected chi connectivity index (χ3v) is 6.05. The number of pyridine rings is 1. The van der Waals surface area contributed by atoms with Gasteiger partial charge < -0.3 is 0 Å². The molecule has 0 fully saturated rings.